The molecule has 3 aromatic heterocycles. The number of carbonyl (C=O) groups excluding carboxylic acids is 10. The molecule has 9 N–H and O–H groups in total. The molecule has 41 heteroatoms. The van der Waals surface area contributed by atoms with E-state index in [1.165, 1.54) is 37.3 Å². The fraction of sp³-hybridized carbons (Fsp3) is 0.608. The van der Waals surface area contributed by atoms with Crippen molar-refractivity contribution in [1.82, 2.24) is 50.8 Å². The molecule has 2 unspecified atom stereocenters. The molecule has 12 rings (SSSR count). The van der Waals surface area contributed by atoms with E-state index in [2.05, 4.69) is 50.7 Å². The molecule has 0 radical (unpaired) electrons. The second-order valence-corrected chi connectivity index (χ2v) is 39.0. The molecule has 5 heterocycles. The Bertz CT molecular complexity index is 5120. The van der Waals surface area contributed by atoms with Gasteiger partial charge in [0.1, 0.15) is 37.2 Å². The normalized spacial score (nSPS) is 18.7. The predicted molar refractivity (Wildman–Crippen MR) is 530 cm³/mol. The minimum Gasteiger partial charge on any atom is -0.476 e. The number of carbonyl (C=O) groups is 11. The number of hydrogen-bond donors (Lipinski definition) is 8. The van der Waals surface area contributed by atoms with Crippen LogP contribution in [0.4, 0.5) is 21.4 Å². The van der Waals surface area contributed by atoms with Gasteiger partial charge in [0.15, 0.2) is 10.8 Å². The van der Waals surface area contributed by atoms with Crippen molar-refractivity contribution in [2.24, 2.45) is 27.9 Å². The van der Waals surface area contributed by atoms with Crippen LogP contribution in [-0.4, -0.2) is 322 Å². The van der Waals surface area contributed by atoms with Gasteiger partial charge >= 0.3 is 12.1 Å². The maximum absolute atomic E-state index is 14.3. The molecule has 4 bridgehead atoms. The maximum atomic E-state index is 14.3. The van der Waals surface area contributed by atoms with Gasteiger partial charge in [-0.25, -0.2) is 19.6 Å². The Morgan fingerprint density at radius 2 is 1.18 bits per heavy atom. The van der Waals surface area contributed by atoms with Crippen molar-refractivity contribution >= 4 is 103 Å². The number of amides is 10. The average Bonchev–Trinajstić information content (AvgIpc) is 0.810. The van der Waals surface area contributed by atoms with Crippen molar-refractivity contribution < 1.29 is 124 Å². The molecule has 4 saturated carbocycles. The number of methoxy groups -OCH3 is 1. The Morgan fingerprint density at radius 1 is 0.587 bits per heavy atom. The number of para-hydroxylation sites is 1. The number of aromatic nitrogens is 4. The molecular formula is C102H144N14O26S. The first kappa shape index (κ1) is 113. The lowest BCUT2D eigenvalue weighted by Gasteiger charge is -2.69. The van der Waals surface area contributed by atoms with Crippen LogP contribution in [0.25, 0.3) is 21.3 Å². The summed E-state index contributed by atoms with van der Waals surface area (Å²) in [5, 5.41) is 33.0. The van der Waals surface area contributed by atoms with Crippen LogP contribution in [0.15, 0.2) is 97.2 Å². The van der Waals surface area contributed by atoms with Crippen LogP contribution in [0.2, 0.25) is 0 Å². The number of hydrogen-bond acceptors (Lipinski definition) is 31. The fourth-order valence-corrected chi connectivity index (χ4v) is 20.7. The Balaban J connectivity index is 0.544. The number of nitrogens with one attached hydrogen (secondary N) is 6. The molecule has 3 aromatic carbocycles. The lowest BCUT2D eigenvalue weighted by molar-refractivity contribution is -0.247. The number of fused-ring (bicyclic) bond motifs is 2. The first-order chi connectivity index (χ1) is 69.0. The zero-order valence-electron chi connectivity index (χ0n) is 83.7. The number of alkyl carbamates (subject to hydrolysis) is 1. The van der Waals surface area contributed by atoms with E-state index in [0.29, 0.717) is 223 Å². The Labute approximate surface area is 839 Å². The summed E-state index contributed by atoms with van der Waals surface area (Å²) in [4.78, 5) is 161. The molecule has 4 fully saturated rings. The Hall–Kier alpha value is -10.7. The van der Waals surface area contributed by atoms with Crippen LogP contribution in [0.1, 0.15) is 168 Å². The van der Waals surface area contributed by atoms with E-state index < -0.39 is 89.1 Å². The third kappa shape index (κ3) is 35.0. The van der Waals surface area contributed by atoms with Gasteiger partial charge in [-0.15, -0.1) is 0 Å². The molecular weight excluding hydrogens is 1870 g/mol. The average molecular weight is 2010 g/mol. The van der Waals surface area contributed by atoms with Crippen LogP contribution in [0.5, 0.6) is 0 Å². The molecule has 10 amide bonds. The highest BCUT2D eigenvalue weighted by Crippen LogP contribution is 2.72. The summed E-state index contributed by atoms with van der Waals surface area (Å²) in [5.41, 5.74) is 11.9. The van der Waals surface area contributed by atoms with Crippen LogP contribution in [-0.2, 0) is 131 Å². The van der Waals surface area contributed by atoms with E-state index in [0.717, 1.165) is 75.4 Å². The molecule has 143 heavy (non-hydrogen) atoms. The number of unbranched alkanes of at least 4 members (excludes halogenated alkanes) is 3. The fourth-order valence-electron chi connectivity index (χ4n) is 19.9. The quantitative estimate of drug-likeness (QED) is 0.0131. The van der Waals surface area contributed by atoms with E-state index in [4.69, 9.17) is 82.1 Å². The van der Waals surface area contributed by atoms with E-state index in [-0.39, 0.29) is 106 Å². The standard InChI is InChI=1S/C102H144N14O26S/c1-70(2)89(111-92(122)73(5)116(88(120)22-10-9-15-34-114-86(118)29-30-87(114)119)95(125)81(103)19-13-14-32-104-85(117)62-140-58-57-139-56-55-138-54-53-137-52-51-136-50-49-135-48-47-134-46-45-133-44-43-132-42-41-131-40-39-130-38-37-129-8)94(124)107-71(3)91(121)108-76-25-23-74(24-26-76)61-141-98(128)105-33-36-142-102-66-99(6)63-100(7,67-102)65-101(64-99,68-102)69-115-72(4)79(59-106-115)77-27-28-84(110-90(77)96(126)127)113-35-31-75-17-16-18-78(80(75)60-113)93(123)112-97-109-82-20-11-12-21-83(82)143-97/h11-12,16-18,20-21,23-30,59,70-71,73,81,89H,9-10,13-15,19,22,31-58,60-69,103H2,1-8H3,(H,104,117)(H,105,128)(H,107,124)(H,108,121)(H,111,122)(H,126,127)(H,109,112,123)/t71-,73-,81-,89-,99?,100?,101?,102?/m0/s1. The summed E-state index contributed by atoms with van der Waals surface area (Å²) >= 11 is 1.41. The van der Waals surface area contributed by atoms with Gasteiger partial charge in [0, 0.05) is 93.0 Å². The Morgan fingerprint density at radius 3 is 1.77 bits per heavy atom. The zero-order chi connectivity index (χ0) is 102. The number of thiazole rings is 1. The molecule has 6 aliphatic rings. The van der Waals surface area contributed by atoms with Gasteiger partial charge in [-0.1, -0.05) is 81.9 Å². The minimum atomic E-state index is -1.47. The molecule has 0 saturated heterocycles. The number of imide groups is 2. The van der Waals surface area contributed by atoms with Gasteiger partial charge in [0.2, 0.25) is 35.4 Å². The summed E-state index contributed by atoms with van der Waals surface area (Å²) in [7, 11) is 1.63. The second kappa shape index (κ2) is 57.2. The van der Waals surface area contributed by atoms with Crippen molar-refractivity contribution in [3.63, 3.8) is 0 Å². The van der Waals surface area contributed by atoms with Crippen LogP contribution >= 0.6 is 11.3 Å². The summed E-state index contributed by atoms with van der Waals surface area (Å²) in [6, 6.07) is 18.6. The number of carboxylic acid groups (broad SMARTS) is 1. The molecule has 6 aromatic rings. The maximum Gasteiger partial charge on any atom is 0.407 e. The smallest absolute Gasteiger partial charge is 0.407 e. The first-order valence-corrected chi connectivity index (χ1v) is 50.4. The predicted octanol–water partition coefficient (Wildman–Crippen LogP) is 8.69. The lowest BCUT2D eigenvalue weighted by atomic mass is 9.39. The largest absolute Gasteiger partial charge is 0.476 e. The van der Waals surface area contributed by atoms with Gasteiger partial charge < -0.3 is 109 Å². The number of pyridine rings is 1. The SMILES string of the molecule is COCCOCCOCCOCCOCCOCCOCCOCCOCCOCCOCCOCC(=O)NCCCC[C@H](N)C(=O)N(C(=O)CCCCCN1C(=O)C=CC1=O)[C@@H](C)C(=O)N[C@H](C(=O)N[C@@H](C)C(=O)Nc1ccc(COC(=O)NCCOC23CC4(C)CC(C)(CC(Cn5ncc(-c6ccc(N7CCc8cccc(C(=O)Nc9nc%10ccccc%10s9)c8C7)nc6C(=O)O)c5C)(C4)C2)C3)cc1)C(C)C. The van der Waals surface area contributed by atoms with Gasteiger partial charge in [-0.3, -0.25) is 62.9 Å². The third-order valence-electron chi connectivity index (χ3n) is 25.8. The Kier molecular flexibility index (Phi) is 45.1. The van der Waals surface area contributed by atoms with E-state index in [1.54, 1.807) is 57.5 Å². The number of anilines is 3. The number of nitrogens with two attached hydrogens (primary N) is 1. The number of rotatable bonds is 68. The van der Waals surface area contributed by atoms with Crippen molar-refractivity contribution in [2.75, 3.05) is 207 Å². The first-order valence-electron chi connectivity index (χ1n) is 49.6. The van der Waals surface area contributed by atoms with Crippen LogP contribution < -0.4 is 42.5 Å². The van der Waals surface area contributed by atoms with Crippen molar-refractivity contribution in [3.8, 4) is 11.1 Å². The van der Waals surface area contributed by atoms with Crippen LogP contribution in [0.3, 0.4) is 0 Å². The number of carboxylic acids is 1. The molecule has 2 aliphatic heterocycles. The number of ether oxygens (including phenoxy) is 14. The molecule has 0 spiro atoms. The highest BCUT2D eigenvalue weighted by Gasteiger charge is 2.66. The second-order valence-electron chi connectivity index (χ2n) is 38.0. The molecule has 784 valence electrons. The summed E-state index contributed by atoms with van der Waals surface area (Å²) in [6.45, 7) is 24.2. The van der Waals surface area contributed by atoms with E-state index >= 15 is 0 Å². The third-order valence-corrected chi connectivity index (χ3v) is 26.7. The van der Waals surface area contributed by atoms with Crippen molar-refractivity contribution in [1.29, 1.82) is 0 Å². The lowest BCUT2D eigenvalue weighted by Crippen LogP contribution is -2.64. The zero-order valence-corrected chi connectivity index (χ0v) is 84.5. The highest BCUT2D eigenvalue weighted by molar-refractivity contribution is 7.22. The van der Waals surface area contributed by atoms with Crippen LogP contribution in [0, 0.1) is 29.1 Å². The highest BCUT2D eigenvalue weighted by atomic mass is 32.1. The molecule has 6 atom stereocenters. The minimum absolute atomic E-state index is 0.0160. The van der Waals surface area contributed by atoms with Gasteiger partial charge in [0.05, 0.1) is 180 Å². The van der Waals surface area contributed by atoms with Crippen molar-refractivity contribution in [2.45, 2.75) is 188 Å². The van der Waals surface area contributed by atoms with E-state index in [9.17, 15) is 57.8 Å². The number of nitrogens with zero attached hydrogens (tertiary/aromatic N) is 7. The molecule has 4 aliphatic carbocycles. The van der Waals surface area contributed by atoms with Gasteiger partial charge in [-0.05, 0) is 179 Å². The number of aromatic carboxylic acids is 1. The van der Waals surface area contributed by atoms with Crippen molar-refractivity contribution in [3.05, 3.63) is 131 Å². The van der Waals surface area contributed by atoms with Gasteiger partial charge in [-0.2, -0.15) is 5.10 Å². The number of benzene rings is 3. The summed E-state index contributed by atoms with van der Waals surface area (Å²) in [6.07, 6.45) is 11.2. The summed E-state index contributed by atoms with van der Waals surface area (Å²) < 4.78 is 80.8. The topological polar surface area (TPSA) is 489 Å². The monoisotopic (exact) mass is 2010 g/mol. The molecule has 40 nitrogen and oxygen atoms in total. The summed E-state index contributed by atoms with van der Waals surface area (Å²) in [5.74, 6) is -6.48. The van der Waals surface area contributed by atoms with Gasteiger partial charge in [0.25, 0.3) is 17.7 Å². The van der Waals surface area contributed by atoms with E-state index in [1.807, 2.05) is 65.0 Å².